The van der Waals surface area contributed by atoms with Crippen LogP contribution < -0.4 is 10.6 Å². The van der Waals surface area contributed by atoms with E-state index in [0.29, 0.717) is 24.3 Å². The Morgan fingerprint density at radius 3 is 2.50 bits per heavy atom. The molecule has 0 atom stereocenters. The van der Waals surface area contributed by atoms with Gasteiger partial charge in [-0.3, -0.25) is 4.79 Å². The van der Waals surface area contributed by atoms with Crippen LogP contribution in [0.1, 0.15) is 48.0 Å². The summed E-state index contributed by atoms with van der Waals surface area (Å²) < 4.78 is 6.43. The van der Waals surface area contributed by atoms with E-state index in [1.165, 1.54) is 0 Å². The monoisotopic (exact) mass is 480 g/mol. The summed E-state index contributed by atoms with van der Waals surface area (Å²) in [4.78, 5) is 12.5. The molecule has 0 saturated carbocycles. The Morgan fingerprint density at radius 1 is 1.30 bits per heavy atom. The zero-order valence-electron chi connectivity index (χ0n) is 19.1. The van der Waals surface area contributed by atoms with Crippen molar-refractivity contribution < 1.29 is 14.6 Å². The predicted octanol–water partition coefficient (Wildman–Crippen LogP) is 5.03. The summed E-state index contributed by atoms with van der Waals surface area (Å²) in [5, 5.41) is 16.5. The van der Waals surface area contributed by atoms with Crippen molar-refractivity contribution in [2.75, 3.05) is 13.2 Å². The average Bonchev–Trinajstić information content (AvgIpc) is 2.86. The van der Waals surface area contributed by atoms with Crippen LogP contribution in [0.2, 0.25) is 0 Å². The maximum atomic E-state index is 12.5. The van der Waals surface area contributed by atoms with Crippen LogP contribution in [0.4, 0.5) is 0 Å². The molecule has 168 valence electrons. The normalized spacial score (nSPS) is 15.3. The fraction of sp³-hybridized carbons (Fsp3) is 0.458. The number of amides is 1. The number of aliphatic hydroxyl groups is 1. The summed E-state index contributed by atoms with van der Waals surface area (Å²) in [6.45, 7) is 18.5. The smallest absolute Gasteiger partial charge is 0.251 e. The second-order valence-electron chi connectivity index (χ2n) is 7.61. The van der Waals surface area contributed by atoms with Crippen LogP contribution in [-0.2, 0) is 9.53 Å². The first-order valence-corrected chi connectivity index (χ1v) is 10.8. The van der Waals surface area contributed by atoms with Gasteiger partial charge in [0.25, 0.3) is 5.91 Å². The highest BCUT2D eigenvalue weighted by molar-refractivity contribution is 9.11. The van der Waals surface area contributed by atoms with E-state index < -0.39 is 5.60 Å². The molecule has 0 radical (unpaired) electrons. The average molecular weight is 481 g/mol. The third kappa shape index (κ3) is 12.0. The van der Waals surface area contributed by atoms with E-state index in [2.05, 4.69) is 39.7 Å². The lowest BCUT2D eigenvalue weighted by Gasteiger charge is -2.19. The first-order chi connectivity index (χ1) is 14.0. The Morgan fingerprint density at radius 2 is 1.93 bits per heavy atom. The number of nitrogens with one attached hydrogen (secondary N) is 2. The van der Waals surface area contributed by atoms with Crippen molar-refractivity contribution in [1.82, 2.24) is 10.6 Å². The maximum Gasteiger partial charge on any atom is 0.251 e. The van der Waals surface area contributed by atoms with Gasteiger partial charge in [-0.2, -0.15) is 0 Å². The van der Waals surface area contributed by atoms with Gasteiger partial charge < -0.3 is 20.5 Å². The summed E-state index contributed by atoms with van der Waals surface area (Å²) in [7, 11) is 0. The summed E-state index contributed by atoms with van der Waals surface area (Å²) >= 11 is 3.49. The van der Waals surface area contributed by atoms with Crippen molar-refractivity contribution in [2.45, 2.75) is 59.7 Å². The molecule has 0 bridgehead atoms. The van der Waals surface area contributed by atoms with Gasteiger partial charge in [0.15, 0.2) is 0 Å². The Hall–Kier alpha value is -1.89. The van der Waals surface area contributed by atoms with Crippen molar-refractivity contribution >= 4 is 21.8 Å². The zero-order valence-corrected chi connectivity index (χ0v) is 20.7. The van der Waals surface area contributed by atoms with Crippen molar-refractivity contribution in [1.29, 1.82) is 0 Å². The van der Waals surface area contributed by atoms with Crippen molar-refractivity contribution in [2.24, 2.45) is 0 Å². The van der Waals surface area contributed by atoms with E-state index in [1.807, 2.05) is 39.0 Å². The van der Waals surface area contributed by atoms with E-state index in [1.54, 1.807) is 32.9 Å². The third-order valence-electron chi connectivity index (χ3n) is 4.00. The van der Waals surface area contributed by atoms with Crippen LogP contribution in [0.3, 0.4) is 0 Å². The molecule has 0 fully saturated rings. The molecule has 0 aromatic rings. The summed E-state index contributed by atoms with van der Waals surface area (Å²) in [6, 6.07) is 0. The minimum Gasteiger partial charge on any atom is -0.386 e. The Kier molecular flexibility index (Phi) is 13.3. The van der Waals surface area contributed by atoms with E-state index in [4.69, 9.17) is 4.74 Å². The quantitative estimate of drug-likeness (QED) is 0.187. The highest BCUT2D eigenvalue weighted by Crippen LogP contribution is 2.26. The highest BCUT2D eigenvalue weighted by atomic mass is 79.9. The molecule has 1 rings (SSSR count). The third-order valence-corrected chi connectivity index (χ3v) is 4.56. The molecule has 0 aliphatic heterocycles. The van der Waals surface area contributed by atoms with Gasteiger partial charge in [0.2, 0.25) is 0 Å². The second-order valence-corrected chi connectivity index (χ2v) is 8.63. The van der Waals surface area contributed by atoms with Gasteiger partial charge in [0.05, 0.1) is 18.3 Å². The van der Waals surface area contributed by atoms with Crippen molar-refractivity contribution in [3.63, 3.8) is 0 Å². The number of rotatable bonds is 9. The van der Waals surface area contributed by atoms with Gasteiger partial charge in [-0.1, -0.05) is 28.1 Å². The van der Waals surface area contributed by atoms with Gasteiger partial charge >= 0.3 is 0 Å². The summed E-state index contributed by atoms with van der Waals surface area (Å²) in [6.07, 6.45) is 10.1. The maximum absolute atomic E-state index is 12.5. The van der Waals surface area contributed by atoms with Crippen LogP contribution in [0.15, 0.2) is 70.6 Å². The minimum atomic E-state index is -0.997. The van der Waals surface area contributed by atoms with E-state index in [0.717, 1.165) is 22.3 Å². The van der Waals surface area contributed by atoms with Crippen LogP contribution in [0, 0.1) is 0 Å². The zero-order chi connectivity index (χ0) is 23.3. The number of hydrogen-bond acceptors (Lipinski definition) is 4. The van der Waals surface area contributed by atoms with Crippen LogP contribution in [0.25, 0.3) is 0 Å². The number of allylic oxidation sites excluding steroid dienone is 6. The molecule has 0 spiro atoms. The van der Waals surface area contributed by atoms with E-state index in [-0.39, 0.29) is 12.0 Å². The Labute approximate surface area is 190 Å². The number of hydrogen-bond donors (Lipinski definition) is 3. The molecule has 30 heavy (non-hydrogen) atoms. The standard InChI is InChI=1S/C22H33BrN2O3.C2H4/c1-15(2)28-12-11-24-17(4)8-7-16(3)21(26)25-20-10-9-19(23)13-18(14-20)22(5,6)27;1-2/h7-8,10,13-15,24,27H,9,11-12H2,1-6H3,(H,25,26);1-2H2/b16-7+,17-8+;. The molecule has 0 unspecified atom stereocenters. The fourth-order valence-electron chi connectivity index (χ4n) is 2.30. The molecule has 6 heteroatoms. The van der Waals surface area contributed by atoms with Crippen LogP contribution in [-0.4, -0.2) is 35.9 Å². The van der Waals surface area contributed by atoms with Crippen molar-refractivity contribution in [3.8, 4) is 0 Å². The van der Waals surface area contributed by atoms with E-state index >= 15 is 0 Å². The highest BCUT2D eigenvalue weighted by Gasteiger charge is 2.20. The molecule has 1 amide bonds. The molecule has 3 N–H and O–H groups in total. The van der Waals surface area contributed by atoms with Gasteiger partial charge in [-0.15, -0.1) is 13.2 Å². The van der Waals surface area contributed by atoms with Crippen molar-refractivity contribution in [3.05, 3.63) is 70.6 Å². The molecular weight excluding hydrogens is 444 g/mol. The molecule has 1 aliphatic rings. The fourth-order valence-corrected chi connectivity index (χ4v) is 2.71. The lowest BCUT2D eigenvalue weighted by atomic mass is 9.97. The Bertz CT molecular complexity index is 723. The number of ether oxygens (including phenoxy) is 1. The van der Waals surface area contributed by atoms with Crippen LogP contribution >= 0.6 is 15.9 Å². The molecule has 0 heterocycles. The molecule has 0 saturated heterocycles. The van der Waals surface area contributed by atoms with E-state index in [9.17, 15) is 9.90 Å². The number of carbonyl (C=O) groups excluding carboxylic acids is 1. The molecule has 0 aromatic heterocycles. The predicted molar refractivity (Wildman–Crippen MR) is 130 cm³/mol. The van der Waals surface area contributed by atoms with Gasteiger partial charge in [-0.25, -0.2) is 0 Å². The summed E-state index contributed by atoms with van der Waals surface area (Å²) in [5.41, 5.74) is 1.96. The van der Waals surface area contributed by atoms with Gasteiger partial charge in [0.1, 0.15) is 0 Å². The van der Waals surface area contributed by atoms with Gasteiger partial charge in [-0.05, 0) is 76.2 Å². The SMILES string of the molecule is C/C(=C\C=C(/C)C(=O)NC1=CCC(Br)=CC(C(C)(C)O)=C1)NCCOC(C)C.C=C. The van der Waals surface area contributed by atoms with Crippen LogP contribution in [0.5, 0.6) is 0 Å². The lowest BCUT2D eigenvalue weighted by Crippen LogP contribution is -2.25. The molecule has 5 nitrogen and oxygen atoms in total. The first-order valence-electron chi connectivity index (χ1n) is 10.0. The van der Waals surface area contributed by atoms with Gasteiger partial charge in [0, 0.05) is 23.5 Å². The second kappa shape index (κ2) is 14.2. The Balaban J connectivity index is 0.00000407. The summed E-state index contributed by atoms with van der Waals surface area (Å²) in [5.74, 6) is -0.178. The number of carbonyl (C=O) groups is 1. The molecule has 1 aliphatic carbocycles. The first kappa shape index (κ1) is 28.1. The number of halogens is 1. The molecule has 0 aromatic carbocycles. The minimum absolute atomic E-state index is 0.178. The topological polar surface area (TPSA) is 70.6 Å². The lowest BCUT2D eigenvalue weighted by molar-refractivity contribution is -0.116. The largest absolute Gasteiger partial charge is 0.386 e. The molecular formula is C24H37BrN2O3.